The summed E-state index contributed by atoms with van der Waals surface area (Å²) in [5.41, 5.74) is 3.26. The molecular weight excluding hydrogens is 552 g/mol. The summed E-state index contributed by atoms with van der Waals surface area (Å²) in [6.07, 6.45) is 4.32. The zero-order chi connectivity index (χ0) is 28.9. The predicted molar refractivity (Wildman–Crippen MR) is 159 cm³/mol. The first-order chi connectivity index (χ1) is 18.9. The van der Waals surface area contributed by atoms with Crippen molar-refractivity contribution >= 4 is 55.6 Å². The van der Waals surface area contributed by atoms with E-state index in [0.717, 1.165) is 24.0 Å². The van der Waals surface area contributed by atoms with Crippen molar-refractivity contribution in [2.24, 2.45) is 5.41 Å². The Balaban J connectivity index is 1.45. The highest BCUT2D eigenvalue weighted by atomic mass is 35.5. The van der Waals surface area contributed by atoms with Crippen LogP contribution in [0.5, 0.6) is 11.5 Å². The second-order valence-corrected chi connectivity index (χ2v) is 13.2. The first kappa shape index (κ1) is 29.2. The Morgan fingerprint density at radius 1 is 1.07 bits per heavy atom. The van der Waals surface area contributed by atoms with Crippen LogP contribution in [0.25, 0.3) is 11.0 Å². The van der Waals surface area contributed by atoms with E-state index >= 15 is 0 Å². The third-order valence-electron chi connectivity index (χ3n) is 5.70. The topological polar surface area (TPSA) is 127 Å². The molecule has 4 rings (SSSR count). The summed E-state index contributed by atoms with van der Waals surface area (Å²) >= 11 is 6.58. The van der Waals surface area contributed by atoms with Gasteiger partial charge in [-0.25, -0.2) is 18.4 Å². The van der Waals surface area contributed by atoms with Gasteiger partial charge in [0.2, 0.25) is 5.91 Å². The van der Waals surface area contributed by atoms with Crippen molar-refractivity contribution in [1.29, 1.82) is 0 Å². The molecule has 12 heteroatoms. The zero-order valence-electron chi connectivity index (χ0n) is 22.9. The quantitative estimate of drug-likeness (QED) is 0.218. The van der Waals surface area contributed by atoms with Gasteiger partial charge in [-0.1, -0.05) is 38.4 Å². The lowest BCUT2D eigenvalue weighted by molar-refractivity contribution is -0.118. The summed E-state index contributed by atoms with van der Waals surface area (Å²) in [4.78, 5) is 20.6. The van der Waals surface area contributed by atoms with Crippen LogP contribution in [0.3, 0.4) is 0 Å². The van der Waals surface area contributed by atoms with E-state index in [0.29, 0.717) is 40.1 Å². The number of amides is 1. The minimum Gasteiger partial charge on any atom is -0.456 e. The molecule has 4 aromatic rings. The van der Waals surface area contributed by atoms with Crippen LogP contribution in [0.15, 0.2) is 61.1 Å². The number of nitrogens with zero attached hydrogens (tertiary/aromatic N) is 3. The van der Waals surface area contributed by atoms with Gasteiger partial charge in [0.15, 0.2) is 15.7 Å². The van der Waals surface area contributed by atoms with Gasteiger partial charge < -0.3 is 25.3 Å². The van der Waals surface area contributed by atoms with Gasteiger partial charge in [-0.05, 0) is 41.8 Å². The molecule has 0 fully saturated rings. The summed E-state index contributed by atoms with van der Waals surface area (Å²) in [5, 5.41) is 9.76. The Labute approximate surface area is 239 Å². The molecule has 0 aliphatic rings. The zero-order valence-corrected chi connectivity index (χ0v) is 24.4. The molecule has 1 amide bonds. The fraction of sp³-hybridized carbons (Fsp3) is 0.321. The summed E-state index contributed by atoms with van der Waals surface area (Å²) in [5.74, 6) is 0.648. The smallest absolute Gasteiger partial charge is 0.235 e. The van der Waals surface area contributed by atoms with Crippen molar-refractivity contribution < 1.29 is 17.9 Å². The lowest BCUT2D eigenvalue weighted by atomic mass is 9.97. The fourth-order valence-electron chi connectivity index (χ4n) is 3.88. The molecule has 0 saturated carbocycles. The largest absolute Gasteiger partial charge is 0.456 e. The maximum absolute atomic E-state index is 11.9. The molecule has 10 nitrogen and oxygen atoms in total. The molecule has 2 aromatic carbocycles. The molecule has 2 heterocycles. The summed E-state index contributed by atoms with van der Waals surface area (Å²) in [7, 11) is -3.39. The van der Waals surface area contributed by atoms with Gasteiger partial charge in [0.05, 0.1) is 10.5 Å². The highest BCUT2D eigenvalue weighted by Gasteiger charge is 2.14. The Hall–Kier alpha value is -3.83. The van der Waals surface area contributed by atoms with Gasteiger partial charge in [0.25, 0.3) is 0 Å². The van der Waals surface area contributed by atoms with E-state index in [-0.39, 0.29) is 12.0 Å². The molecule has 2 aromatic heterocycles. The van der Waals surface area contributed by atoms with E-state index in [4.69, 9.17) is 16.3 Å². The lowest BCUT2D eigenvalue weighted by Crippen LogP contribution is -2.32. The number of rotatable bonds is 11. The first-order valence-corrected chi connectivity index (χ1v) is 15.1. The molecule has 0 radical (unpaired) electrons. The van der Waals surface area contributed by atoms with Crippen LogP contribution in [-0.2, 0) is 21.2 Å². The highest BCUT2D eigenvalue weighted by Crippen LogP contribution is 2.34. The van der Waals surface area contributed by atoms with Gasteiger partial charge in [-0.3, -0.25) is 4.79 Å². The van der Waals surface area contributed by atoms with E-state index < -0.39 is 21.5 Å². The number of anilines is 3. The summed E-state index contributed by atoms with van der Waals surface area (Å²) in [6, 6.07) is 15.0. The van der Waals surface area contributed by atoms with Crippen LogP contribution in [-0.4, -0.2) is 54.0 Å². The van der Waals surface area contributed by atoms with Crippen LogP contribution in [0.1, 0.15) is 20.8 Å². The Kier molecular flexibility index (Phi) is 8.85. The van der Waals surface area contributed by atoms with E-state index in [2.05, 4.69) is 46.7 Å². The average molecular weight is 585 g/mol. The molecular formula is C28H33ClN6O4S. The van der Waals surface area contributed by atoms with E-state index in [1.165, 1.54) is 6.33 Å². The number of fused-ring (bicyclic) bond motifs is 1. The van der Waals surface area contributed by atoms with Crippen LogP contribution in [0.4, 0.5) is 17.2 Å². The van der Waals surface area contributed by atoms with Gasteiger partial charge in [-0.2, -0.15) is 0 Å². The Morgan fingerprint density at radius 3 is 2.60 bits per heavy atom. The maximum atomic E-state index is 11.9. The van der Waals surface area contributed by atoms with E-state index in [9.17, 15) is 13.2 Å². The number of sulfone groups is 1. The van der Waals surface area contributed by atoms with Crippen molar-refractivity contribution in [1.82, 2.24) is 19.9 Å². The van der Waals surface area contributed by atoms with Crippen molar-refractivity contribution in [3.63, 3.8) is 0 Å². The molecule has 0 saturated heterocycles. The normalized spacial score (nSPS) is 11.8. The van der Waals surface area contributed by atoms with Gasteiger partial charge in [0.1, 0.15) is 29.1 Å². The fourth-order valence-corrected chi connectivity index (χ4v) is 4.67. The molecule has 0 aliphatic carbocycles. The number of nitrogens with one attached hydrogen (secondary N) is 3. The number of aromatic nitrogens is 3. The summed E-state index contributed by atoms with van der Waals surface area (Å²) < 4.78 is 30.6. The third kappa shape index (κ3) is 8.33. The monoisotopic (exact) mass is 584 g/mol. The molecule has 3 N–H and O–H groups in total. The Bertz CT molecular complexity index is 1610. The SMILES string of the molecule is CC(C)(C)CNc1cccc(Oc2ccc(Nc3ncnc4ccn(CCNC(=O)CS(C)(=O)=O)c34)cc2Cl)c1. The standard InChI is InChI=1S/C28H33ClN6O4S/c1-28(2,3)17-31-19-6-5-7-21(14-19)39-24-9-8-20(15-22(24)29)34-27-26-23(32-18-33-27)10-12-35(26)13-11-30-25(36)16-40(4,37)38/h5-10,12,14-15,18,31H,11,13,16-17H2,1-4H3,(H,30,36)(H,32,33,34). The molecule has 212 valence electrons. The van der Waals surface area contributed by atoms with E-state index in [1.807, 2.05) is 47.2 Å². The third-order valence-corrected chi connectivity index (χ3v) is 6.78. The molecule has 0 spiro atoms. The van der Waals surface area contributed by atoms with E-state index in [1.54, 1.807) is 12.1 Å². The number of halogens is 1. The van der Waals surface area contributed by atoms with Crippen molar-refractivity contribution in [3.05, 3.63) is 66.1 Å². The number of hydrogen-bond acceptors (Lipinski definition) is 8. The average Bonchev–Trinajstić information content (AvgIpc) is 3.27. The highest BCUT2D eigenvalue weighted by molar-refractivity contribution is 7.91. The molecule has 0 bridgehead atoms. The number of ether oxygens (including phenoxy) is 1. The van der Waals surface area contributed by atoms with Crippen LogP contribution in [0.2, 0.25) is 5.02 Å². The molecule has 0 atom stereocenters. The number of carbonyl (C=O) groups excluding carboxylic acids is 1. The minimum absolute atomic E-state index is 0.149. The van der Waals surface area contributed by atoms with Gasteiger partial charge >= 0.3 is 0 Å². The molecule has 40 heavy (non-hydrogen) atoms. The van der Waals surface area contributed by atoms with Crippen LogP contribution in [0, 0.1) is 5.41 Å². The first-order valence-electron chi connectivity index (χ1n) is 12.7. The van der Waals surface area contributed by atoms with Gasteiger partial charge in [-0.15, -0.1) is 0 Å². The second kappa shape index (κ2) is 12.1. The number of benzene rings is 2. The second-order valence-electron chi connectivity index (χ2n) is 10.7. The summed E-state index contributed by atoms with van der Waals surface area (Å²) in [6.45, 7) is 7.99. The minimum atomic E-state index is -3.39. The number of carbonyl (C=O) groups is 1. The maximum Gasteiger partial charge on any atom is 0.235 e. The predicted octanol–water partition coefficient (Wildman–Crippen LogP) is 5.24. The van der Waals surface area contributed by atoms with Crippen molar-refractivity contribution in [2.45, 2.75) is 27.3 Å². The molecule has 0 unspecified atom stereocenters. The van der Waals surface area contributed by atoms with Crippen molar-refractivity contribution in [3.8, 4) is 11.5 Å². The Morgan fingerprint density at radius 2 is 1.88 bits per heavy atom. The number of hydrogen-bond donors (Lipinski definition) is 3. The van der Waals surface area contributed by atoms with Crippen LogP contribution < -0.4 is 20.7 Å². The lowest BCUT2D eigenvalue weighted by Gasteiger charge is -2.20. The van der Waals surface area contributed by atoms with Gasteiger partial charge in [0, 0.05) is 49.5 Å². The van der Waals surface area contributed by atoms with Crippen molar-refractivity contribution in [2.75, 3.05) is 35.7 Å². The van der Waals surface area contributed by atoms with Crippen LogP contribution >= 0.6 is 11.6 Å². The molecule has 0 aliphatic heterocycles.